The first-order chi connectivity index (χ1) is 11.0. The maximum absolute atomic E-state index is 9.98. The molecule has 0 saturated carbocycles. The molecule has 1 unspecified atom stereocenters. The highest BCUT2D eigenvalue weighted by molar-refractivity contribution is 4.56. The van der Waals surface area contributed by atoms with E-state index < -0.39 is 0 Å². The Hall–Kier alpha value is -0.0800. The average Bonchev–Trinajstić information content (AvgIpc) is 2.49. The molecule has 2 nitrogen and oxygen atoms in total. The Morgan fingerprint density at radius 2 is 1.00 bits per heavy atom. The predicted octanol–water partition coefficient (Wildman–Crippen LogP) is 5.92. The molecule has 0 spiro atoms. The lowest BCUT2D eigenvalue weighted by molar-refractivity contribution is -0.870. The van der Waals surface area contributed by atoms with E-state index >= 15 is 0 Å². The van der Waals surface area contributed by atoms with Crippen LogP contribution < -0.4 is 0 Å². The van der Waals surface area contributed by atoms with Crippen molar-refractivity contribution in [3.8, 4) is 0 Å². The fourth-order valence-corrected chi connectivity index (χ4v) is 3.08. The number of hydrogen-bond donors (Lipinski definition) is 1. The number of aliphatic hydroxyl groups is 1. The Kier molecular flexibility index (Phi) is 15.4. The molecular weight excluding hydrogens is 282 g/mol. The first-order valence-corrected chi connectivity index (χ1v) is 10.4. The van der Waals surface area contributed by atoms with Crippen molar-refractivity contribution in [3.05, 3.63) is 0 Å². The van der Waals surface area contributed by atoms with Crippen molar-refractivity contribution < 1.29 is 9.59 Å². The molecule has 1 N–H and O–H groups in total. The van der Waals surface area contributed by atoms with E-state index in [1.165, 1.54) is 83.5 Å². The summed E-state index contributed by atoms with van der Waals surface area (Å²) in [6.07, 6.45) is 20.0. The number of nitrogens with zero attached hydrogens (tertiary/aromatic N) is 1. The summed E-state index contributed by atoms with van der Waals surface area (Å²) < 4.78 is 0.954. The van der Waals surface area contributed by atoms with Gasteiger partial charge in [0.1, 0.15) is 0 Å². The third kappa shape index (κ3) is 19.9. The molecule has 1 atom stereocenters. The summed E-state index contributed by atoms with van der Waals surface area (Å²) in [6.45, 7) is 3.35. The fraction of sp³-hybridized carbons (Fsp3) is 1.00. The van der Waals surface area contributed by atoms with Gasteiger partial charge in [0.05, 0.1) is 33.8 Å². The predicted molar refractivity (Wildman–Crippen MR) is 104 cm³/mol. The van der Waals surface area contributed by atoms with Gasteiger partial charge in [-0.05, 0) is 6.42 Å². The molecule has 0 aromatic heterocycles. The molecule has 0 fully saturated rings. The van der Waals surface area contributed by atoms with Crippen LogP contribution in [-0.2, 0) is 0 Å². The Morgan fingerprint density at radius 1 is 0.609 bits per heavy atom. The quantitative estimate of drug-likeness (QED) is 0.259. The van der Waals surface area contributed by atoms with Gasteiger partial charge in [0.15, 0.2) is 0 Å². The number of unbranched alkanes of at least 4 members (excludes halogenated alkanes) is 12. The number of hydrogen-bond acceptors (Lipinski definition) is 1. The molecule has 0 radical (unpaired) electrons. The van der Waals surface area contributed by atoms with Gasteiger partial charge in [-0.25, -0.2) is 0 Å². The van der Waals surface area contributed by atoms with E-state index in [1.807, 2.05) is 0 Å². The van der Waals surface area contributed by atoms with Crippen molar-refractivity contribution >= 4 is 0 Å². The standard InChI is InChI=1S/C21H46NO/c1-5-6-7-8-9-10-11-12-13-14-15-16-17-18-21(23)19-20-22(2,3)4/h21,23H,5-20H2,1-4H3/q+1. The summed E-state index contributed by atoms with van der Waals surface area (Å²) in [5, 5.41) is 9.98. The van der Waals surface area contributed by atoms with Crippen LogP contribution in [0.5, 0.6) is 0 Å². The van der Waals surface area contributed by atoms with Gasteiger partial charge < -0.3 is 9.59 Å². The summed E-state index contributed by atoms with van der Waals surface area (Å²) >= 11 is 0. The molecule has 0 aliphatic carbocycles. The summed E-state index contributed by atoms with van der Waals surface area (Å²) in [5.41, 5.74) is 0. The van der Waals surface area contributed by atoms with Crippen molar-refractivity contribution in [2.75, 3.05) is 27.7 Å². The third-order valence-electron chi connectivity index (χ3n) is 4.77. The van der Waals surface area contributed by atoms with Crippen LogP contribution in [0.3, 0.4) is 0 Å². The Bertz CT molecular complexity index is 234. The van der Waals surface area contributed by atoms with Crippen LogP contribution >= 0.6 is 0 Å². The van der Waals surface area contributed by atoms with E-state index in [-0.39, 0.29) is 6.10 Å². The van der Waals surface area contributed by atoms with Gasteiger partial charge in [0.25, 0.3) is 0 Å². The lowest BCUT2D eigenvalue weighted by Gasteiger charge is -2.25. The maximum atomic E-state index is 9.98. The number of quaternary nitrogens is 1. The summed E-state index contributed by atoms with van der Waals surface area (Å²) in [6, 6.07) is 0. The summed E-state index contributed by atoms with van der Waals surface area (Å²) in [4.78, 5) is 0. The van der Waals surface area contributed by atoms with Crippen molar-refractivity contribution in [1.29, 1.82) is 0 Å². The van der Waals surface area contributed by atoms with Gasteiger partial charge in [-0.3, -0.25) is 0 Å². The molecule has 0 saturated heterocycles. The van der Waals surface area contributed by atoms with Crippen LogP contribution in [0.15, 0.2) is 0 Å². The molecule has 23 heavy (non-hydrogen) atoms. The molecule has 0 aromatic rings. The minimum Gasteiger partial charge on any atom is -0.393 e. The molecule has 0 rings (SSSR count). The Morgan fingerprint density at radius 3 is 1.39 bits per heavy atom. The van der Waals surface area contributed by atoms with Crippen molar-refractivity contribution in [2.45, 2.75) is 109 Å². The van der Waals surface area contributed by atoms with Crippen LogP contribution in [0.4, 0.5) is 0 Å². The molecule has 2 heteroatoms. The largest absolute Gasteiger partial charge is 0.393 e. The van der Waals surface area contributed by atoms with Crippen LogP contribution in [0.25, 0.3) is 0 Å². The molecule has 0 aliphatic heterocycles. The molecule has 0 aromatic carbocycles. The molecule has 0 amide bonds. The van der Waals surface area contributed by atoms with Crippen molar-refractivity contribution in [2.24, 2.45) is 0 Å². The molecule has 0 bridgehead atoms. The second-order valence-electron chi connectivity index (χ2n) is 8.49. The molecule has 0 heterocycles. The van der Waals surface area contributed by atoms with Crippen molar-refractivity contribution in [1.82, 2.24) is 0 Å². The summed E-state index contributed by atoms with van der Waals surface area (Å²) in [5.74, 6) is 0. The molecular formula is C21H46NO+. The van der Waals surface area contributed by atoms with Gasteiger partial charge in [-0.2, -0.15) is 0 Å². The van der Waals surface area contributed by atoms with E-state index in [9.17, 15) is 5.11 Å². The number of rotatable bonds is 17. The van der Waals surface area contributed by atoms with E-state index in [4.69, 9.17) is 0 Å². The van der Waals surface area contributed by atoms with E-state index in [0.717, 1.165) is 23.9 Å². The minimum absolute atomic E-state index is 0.0833. The first kappa shape index (κ1) is 22.9. The Labute approximate surface area is 147 Å². The van der Waals surface area contributed by atoms with Crippen LogP contribution in [0.1, 0.15) is 103 Å². The zero-order valence-electron chi connectivity index (χ0n) is 16.8. The lowest BCUT2D eigenvalue weighted by Crippen LogP contribution is -2.37. The fourth-order valence-electron chi connectivity index (χ4n) is 3.08. The maximum Gasteiger partial charge on any atom is 0.0805 e. The third-order valence-corrected chi connectivity index (χ3v) is 4.77. The van der Waals surface area contributed by atoms with E-state index in [0.29, 0.717) is 0 Å². The van der Waals surface area contributed by atoms with Gasteiger partial charge in [0, 0.05) is 6.42 Å². The first-order valence-electron chi connectivity index (χ1n) is 10.4. The van der Waals surface area contributed by atoms with Gasteiger partial charge in [-0.1, -0.05) is 90.4 Å². The normalized spacial score (nSPS) is 13.4. The topological polar surface area (TPSA) is 20.2 Å². The lowest BCUT2D eigenvalue weighted by atomic mass is 10.0. The molecule has 0 aliphatic rings. The second kappa shape index (κ2) is 15.4. The SMILES string of the molecule is CCCCCCCCCCCCCCCC(O)CC[N+](C)(C)C. The highest BCUT2D eigenvalue weighted by atomic mass is 16.3. The second-order valence-corrected chi connectivity index (χ2v) is 8.49. The zero-order chi connectivity index (χ0) is 17.4. The highest BCUT2D eigenvalue weighted by Crippen LogP contribution is 2.14. The van der Waals surface area contributed by atoms with Gasteiger partial charge in [-0.15, -0.1) is 0 Å². The zero-order valence-corrected chi connectivity index (χ0v) is 16.8. The highest BCUT2D eigenvalue weighted by Gasteiger charge is 2.11. The van der Waals surface area contributed by atoms with E-state index in [2.05, 4.69) is 28.1 Å². The van der Waals surface area contributed by atoms with Gasteiger partial charge in [0.2, 0.25) is 0 Å². The Balaban J connectivity index is 3.15. The minimum atomic E-state index is -0.0833. The summed E-state index contributed by atoms with van der Waals surface area (Å²) in [7, 11) is 6.58. The number of aliphatic hydroxyl groups excluding tert-OH is 1. The van der Waals surface area contributed by atoms with Crippen LogP contribution in [-0.4, -0.2) is 43.4 Å². The van der Waals surface area contributed by atoms with E-state index in [1.54, 1.807) is 0 Å². The van der Waals surface area contributed by atoms with Crippen LogP contribution in [0, 0.1) is 0 Å². The smallest absolute Gasteiger partial charge is 0.0805 e. The monoisotopic (exact) mass is 328 g/mol. The van der Waals surface area contributed by atoms with Gasteiger partial charge >= 0.3 is 0 Å². The van der Waals surface area contributed by atoms with Crippen LogP contribution in [0.2, 0.25) is 0 Å². The van der Waals surface area contributed by atoms with Crippen molar-refractivity contribution in [3.63, 3.8) is 0 Å². The molecule has 140 valence electrons. The average molecular weight is 329 g/mol.